The first-order valence-corrected chi connectivity index (χ1v) is 7.26. The van der Waals surface area contributed by atoms with E-state index in [4.69, 9.17) is 0 Å². The number of carbonyl (C=O) groups is 1. The van der Waals surface area contributed by atoms with Crippen LogP contribution in [0, 0.1) is 11.3 Å². The molecule has 1 unspecified atom stereocenters. The molecule has 1 aromatic carbocycles. The Morgan fingerprint density at radius 3 is 2.53 bits per heavy atom. The van der Waals surface area contributed by atoms with E-state index in [1.165, 1.54) is 5.56 Å². The normalized spacial score (nSPS) is 22.1. The van der Waals surface area contributed by atoms with Crippen LogP contribution in [0.1, 0.15) is 32.3 Å². The van der Waals surface area contributed by atoms with E-state index in [0.29, 0.717) is 5.78 Å². The van der Waals surface area contributed by atoms with Crippen molar-refractivity contribution in [2.24, 2.45) is 11.3 Å². The second-order valence-electron chi connectivity index (χ2n) is 6.48. The van der Waals surface area contributed by atoms with Crippen LogP contribution in [0.5, 0.6) is 0 Å². The molecule has 0 radical (unpaired) electrons. The smallest absolute Gasteiger partial charge is 0.142 e. The molecule has 1 aromatic rings. The Morgan fingerprint density at radius 2 is 1.95 bits per heavy atom. The van der Waals surface area contributed by atoms with Crippen molar-refractivity contribution < 1.29 is 4.79 Å². The minimum atomic E-state index is -0.0923. The van der Waals surface area contributed by atoms with Gasteiger partial charge in [-0.05, 0) is 31.9 Å². The van der Waals surface area contributed by atoms with Crippen LogP contribution in [-0.4, -0.2) is 30.8 Å². The Bertz CT molecular complexity index is 424. The van der Waals surface area contributed by atoms with Gasteiger partial charge in [0.15, 0.2) is 0 Å². The van der Waals surface area contributed by atoms with Crippen LogP contribution < -0.4 is 0 Å². The van der Waals surface area contributed by atoms with Gasteiger partial charge < -0.3 is 4.90 Å². The summed E-state index contributed by atoms with van der Waals surface area (Å²) in [6.45, 7) is 6.10. The molecule has 0 amide bonds. The number of likely N-dealkylation sites (N-methyl/N-ethyl adjacent to an activating group) is 1. The molecule has 2 rings (SSSR count). The van der Waals surface area contributed by atoms with Gasteiger partial charge in [0, 0.05) is 24.4 Å². The summed E-state index contributed by atoms with van der Waals surface area (Å²) in [4.78, 5) is 14.5. The Morgan fingerprint density at radius 1 is 1.26 bits per heavy atom. The predicted molar refractivity (Wildman–Crippen MR) is 79.2 cm³/mol. The molecular formula is C17H25NO. The minimum Gasteiger partial charge on any atom is -0.305 e. The molecule has 0 aliphatic heterocycles. The van der Waals surface area contributed by atoms with Crippen molar-refractivity contribution >= 4 is 5.78 Å². The van der Waals surface area contributed by atoms with E-state index in [1.54, 1.807) is 0 Å². The molecule has 19 heavy (non-hydrogen) atoms. The fourth-order valence-electron chi connectivity index (χ4n) is 2.95. The zero-order chi connectivity index (χ0) is 13.9. The Kier molecular flexibility index (Phi) is 4.41. The molecule has 0 spiro atoms. The molecule has 0 heterocycles. The van der Waals surface area contributed by atoms with Gasteiger partial charge in [-0.25, -0.2) is 0 Å². The number of nitrogens with zero attached hydrogens (tertiary/aromatic N) is 1. The lowest BCUT2D eigenvalue weighted by Crippen LogP contribution is -2.32. The zero-order valence-corrected chi connectivity index (χ0v) is 12.4. The minimum absolute atomic E-state index is 0.0923. The maximum absolute atomic E-state index is 12.2. The summed E-state index contributed by atoms with van der Waals surface area (Å²) >= 11 is 0. The van der Waals surface area contributed by atoms with Crippen molar-refractivity contribution in [2.75, 3.05) is 20.1 Å². The van der Waals surface area contributed by atoms with Gasteiger partial charge in [0.05, 0.1) is 0 Å². The van der Waals surface area contributed by atoms with E-state index in [2.05, 4.69) is 50.1 Å². The molecule has 104 valence electrons. The van der Waals surface area contributed by atoms with Gasteiger partial charge in [0.2, 0.25) is 0 Å². The standard InChI is InChI=1S/C17H25NO/c1-17(2)11-9-15(16(17)19)13-18(3)12-10-14-7-5-4-6-8-14/h4-8,15H,9-13H2,1-3H3. The van der Waals surface area contributed by atoms with Crippen molar-refractivity contribution in [2.45, 2.75) is 33.1 Å². The first-order valence-electron chi connectivity index (χ1n) is 7.26. The summed E-state index contributed by atoms with van der Waals surface area (Å²) < 4.78 is 0. The number of Topliss-reactive ketones (excluding diaryl/α,β-unsaturated/α-hetero) is 1. The molecule has 0 aromatic heterocycles. The fraction of sp³-hybridized carbons (Fsp3) is 0.588. The van der Waals surface area contributed by atoms with E-state index in [9.17, 15) is 4.79 Å². The number of rotatable bonds is 5. The number of hydrogen-bond donors (Lipinski definition) is 0. The summed E-state index contributed by atoms with van der Waals surface area (Å²) in [5, 5.41) is 0. The van der Waals surface area contributed by atoms with Crippen LogP contribution in [0.2, 0.25) is 0 Å². The second-order valence-corrected chi connectivity index (χ2v) is 6.48. The summed E-state index contributed by atoms with van der Waals surface area (Å²) in [7, 11) is 2.13. The second kappa shape index (κ2) is 5.87. The Balaban J connectivity index is 1.79. The van der Waals surface area contributed by atoms with Crippen molar-refractivity contribution in [1.82, 2.24) is 4.90 Å². The lowest BCUT2D eigenvalue weighted by Gasteiger charge is -2.21. The van der Waals surface area contributed by atoms with Crippen molar-refractivity contribution in [3.8, 4) is 0 Å². The molecule has 0 bridgehead atoms. The van der Waals surface area contributed by atoms with Gasteiger partial charge in [-0.3, -0.25) is 4.79 Å². The first-order chi connectivity index (χ1) is 8.99. The van der Waals surface area contributed by atoms with Gasteiger partial charge in [0.1, 0.15) is 5.78 Å². The molecule has 1 aliphatic carbocycles. The highest BCUT2D eigenvalue weighted by molar-refractivity contribution is 5.88. The van der Waals surface area contributed by atoms with Gasteiger partial charge in [-0.15, -0.1) is 0 Å². The SMILES string of the molecule is CN(CCc1ccccc1)CC1CCC(C)(C)C1=O. The average Bonchev–Trinajstić information content (AvgIpc) is 2.65. The van der Waals surface area contributed by atoms with E-state index >= 15 is 0 Å². The van der Waals surface area contributed by atoms with Crippen LogP contribution in [-0.2, 0) is 11.2 Å². The predicted octanol–water partition coefficient (Wildman–Crippen LogP) is 3.17. The molecule has 2 heteroatoms. The van der Waals surface area contributed by atoms with E-state index in [1.807, 2.05) is 6.07 Å². The third kappa shape index (κ3) is 3.66. The van der Waals surface area contributed by atoms with Gasteiger partial charge in [-0.2, -0.15) is 0 Å². The lowest BCUT2D eigenvalue weighted by molar-refractivity contribution is -0.127. The maximum atomic E-state index is 12.2. The molecule has 0 saturated heterocycles. The zero-order valence-electron chi connectivity index (χ0n) is 12.4. The largest absolute Gasteiger partial charge is 0.305 e. The topological polar surface area (TPSA) is 20.3 Å². The van der Waals surface area contributed by atoms with Gasteiger partial charge in [-0.1, -0.05) is 44.2 Å². The molecule has 1 atom stereocenters. The van der Waals surface area contributed by atoms with Crippen molar-refractivity contribution in [1.29, 1.82) is 0 Å². The summed E-state index contributed by atoms with van der Waals surface area (Å²) in [5.41, 5.74) is 1.28. The van der Waals surface area contributed by atoms with Crippen molar-refractivity contribution in [3.63, 3.8) is 0 Å². The molecule has 1 fully saturated rings. The number of benzene rings is 1. The quantitative estimate of drug-likeness (QED) is 0.809. The van der Waals surface area contributed by atoms with E-state index in [-0.39, 0.29) is 11.3 Å². The van der Waals surface area contributed by atoms with Crippen LogP contribution >= 0.6 is 0 Å². The highest BCUT2D eigenvalue weighted by atomic mass is 16.1. The summed E-state index contributed by atoms with van der Waals surface area (Å²) in [5.74, 6) is 0.704. The first kappa shape index (κ1) is 14.3. The summed E-state index contributed by atoms with van der Waals surface area (Å²) in [6.07, 6.45) is 3.16. The van der Waals surface area contributed by atoms with E-state index < -0.39 is 0 Å². The molecule has 1 saturated carbocycles. The van der Waals surface area contributed by atoms with Crippen molar-refractivity contribution in [3.05, 3.63) is 35.9 Å². The Hall–Kier alpha value is -1.15. The summed E-state index contributed by atoms with van der Waals surface area (Å²) in [6, 6.07) is 10.5. The third-order valence-electron chi connectivity index (χ3n) is 4.31. The molecule has 2 nitrogen and oxygen atoms in total. The fourth-order valence-corrected chi connectivity index (χ4v) is 2.95. The van der Waals surface area contributed by atoms with Gasteiger partial charge in [0.25, 0.3) is 0 Å². The van der Waals surface area contributed by atoms with Gasteiger partial charge >= 0.3 is 0 Å². The van der Waals surface area contributed by atoms with Crippen LogP contribution in [0.25, 0.3) is 0 Å². The Labute approximate surface area is 116 Å². The number of carbonyl (C=O) groups excluding carboxylic acids is 1. The van der Waals surface area contributed by atoms with Crippen LogP contribution in [0.4, 0.5) is 0 Å². The molecular weight excluding hydrogens is 234 g/mol. The molecule has 0 N–H and O–H groups in total. The monoisotopic (exact) mass is 259 g/mol. The average molecular weight is 259 g/mol. The highest BCUT2D eigenvalue weighted by Crippen LogP contribution is 2.37. The maximum Gasteiger partial charge on any atom is 0.142 e. The van der Waals surface area contributed by atoms with Crippen LogP contribution in [0.3, 0.4) is 0 Å². The number of ketones is 1. The number of hydrogen-bond acceptors (Lipinski definition) is 2. The van der Waals surface area contributed by atoms with Crippen LogP contribution in [0.15, 0.2) is 30.3 Å². The third-order valence-corrected chi connectivity index (χ3v) is 4.31. The lowest BCUT2D eigenvalue weighted by atomic mass is 9.89. The molecule has 1 aliphatic rings. The van der Waals surface area contributed by atoms with E-state index in [0.717, 1.165) is 32.4 Å². The highest BCUT2D eigenvalue weighted by Gasteiger charge is 2.40.